The molecule has 1 aliphatic heterocycles. The van der Waals surface area contributed by atoms with Gasteiger partial charge in [-0.1, -0.05) is 30.3 Å². The van der Waals surface area contributed by atoms with Gasteiger partial charge in [-0.3, -0.25) is 0 Å². The first-order chi connectivity index (χ1) is 16.9. The molecule has 11 heteroatoms. The van der Waals surface area contributed by atoms with E-state index in [1.165, 1.54) is 28.6 Å². The van der Waals surface area contributed by atoms with Crippen LogP contribution < -0.4 is 9.64 Å². The van der Waals surface area contributed by atoms with Gasteiger partial charge < -0.3 is 14.7 Å². The molecule has 1 aromatic heterocycles. The van der Waals surface area contributed by atoms with Crippen LogP contribution in [-0.4, -0.2) is 56.8 Å². The fourth-order valence-electron chi connectivity index (χ4n) is 4.31. The van der Waals surface area contributed by atoms with E-state index in [1.807, 2.05) is 29.2 Å². The number of halogens is 3. The Kier molecular flexibility index (Phi) is 7.38. The Labute approximate surface area is 212 Å². The fraction of sp³-hybridized carbons (Fsp3) is 0.360. The van der Waals surface area contributed by atoms with Crippen LogP contribution in [0.25, 0.3) is 0 Å². The summed E-state index contributed by atoms with van der Waals surface area (Å²) in [5.41, 5.74) is -1.64. The van der Waals surface area contributed by atoms with Crippen LogP contribution in [0, 0.1) is 0 Å². The Morgan fingerprint density at radius 3 is 2.42 bits per heavy atom. The predicted octanol–water partition coefficient (Wildman–Crippen LogP) is 4.65. The zero-order chi connectivity index (χ0) is 26.1. The molecule has 0 aliphatic carbocycles. The lowest BCUT2D eigenvalue weighted by molar-refractivity contribution is -0.258. The summed E-state index contributed by atoms with van der Waals surface area (Å²) in [4.78, 5) is 2.01. The molecule has 2 heterocycles. The molecule has 0 bridgehead atoms. The van der Waals surface area contributed by atoms with Crippen LogP contribution in [0.4, 0.5) is 18.9 Å². The summed E-state index contributed by atoms with van der Waals surface area (Å²) in [7, 11) is -2.09. The van der Waals surface area contributed by atoms with Gasteiger partial charge in [-0.15, -0.1) is 11.3 Å². The number of methoxy groups -OCH3 is 1. The third-order valence-corrected chi connectivity index (χ3v) is 9.69. The van der Waals surface area contributed by atoms with Crippen LogP contribution >= 0.6 is 11.3 Å². The molecule has 2 atom stereocenters. The highest BCUT2D eigenvalue weighted by atomic mass is 32.2. The molecule has 3 aromatic rings. The molecule has 194 valence electrons. The molecule has 1 N–H and O–H groups in total. The largest absolute Gasteiger partial charge is 0.497 e. The summed E-state index contributed by atoms with van der Waals surface area (Å²) in [5.74, 6) is 0.677. The molecule has 0 radical (unpaired) electrons. The van der Waals surface area contributed by atoms with E-state index in [0.717, 1.165) is 23.8 Å². The molecule has 1 saturated heterocycles. The summed E-state index contributed by atoms with van der Waals surface area (Å²) in [5, 5.41) is 11.7. The predicted molar refractivity (Wildman–Crippen MR) is 133 cm³/mol. The van der Waals surface area contributed by atoms with Gasteiger partial charge in [0, 0.05) is 31.4 Å². The van der Waals surface area contributed by atoms with Crippen molar-refractivity contribution in [3.8, 4) is 5.75 Å². The highest BCUT2D eigenvalue weighted by Gasteiger charge is 2.51. The van der Waals surface area contributed by atoms with Gasteiger partial charge >= 0.3 is 6.18 Å². The Morgan fingerprint density at radius 1 is 1.08 bits per heavy atom. The number of nitrogens with zero attached hydrogens (tertiary/aromatic N) is 2. The molecule has 1 aliphatic rings. The molecular formula is C25H27F3N2O4S2. The van der Waals surface area contributed by atoms with E-state index in [-0.39, 0.29) is 28.9 Å². The van der Waals surface area contributed by atoms with Crippen LogP contribution in [0.15, 0.2) is 70.3 Å². The molecule has 0 amide bonds. The number of ether oxygens (including phenoxy) is 1. The summed E-state index contributed by atoms with van der Waals surface area (Å²) in [6.07, 6.45) is -4.32. The molecule has 1 unspecified atom stereocenters. The summed E-state index contributed by atoms with van der Waals surface area (Å²) >= 11 is 1.16. The second-order valence-corrected chi connectivity index (χ2v) is 11.9. The Morgan fingerprint density at radius 2 is 1.81 bits per heavy atom. The minimum absolute atomic E-state index is 0.208. The summed E-state index contributed by atoms with van der Waals surface area (Å²) in [6.45, 7) is 1.52. The van der Waals surface area contributed by atoms with Crippen molar-refractivity contribution in [3.63, 3.8) is 0 Å². The number of alkyl halides is 3. The monoisotopic (exact) mass is 540 g/mol. The highest BCUT2D eigenvalue weighted by molar-refractivity contribution is 7.91. The second-order valence-electron chi connectivity index (χ2n) is 8.81. The molecule has 0 spiro atoms. The maximum atomic E-state index is 13.3. The van der Waals surface area contributed by atoms with Gasteiger partial charge in [0.1, 0.15) is 9.96 Å². The van der Waals surface area contributed by atoms with Crippen molar-refractivity contribution < 1.29 is 31.4 Å². The minimum atomic E-state index is -4.81. The van der Waals surface area contributed by atoms with Crippen LogP contribution in [0.1, 0.15) is 18.1 Å². The smallest absolute Gasteiger partial charge is 0.421 e. The van der Waals surface area contributed by atoms with E-state index < -0.39 is 21.8 Å². The van der Waals surface area contributed by atoms with Crippen molar-refractivity contribution in [2.45, 2.75) is 35.4 Å². The first-order valence-corrected chi connectivity index (χ1v) is 13.6. The highest BCUT2D eigenvalue weighted by Crippen LogP contribution is 2.39. The SMILES string of the molecule is COc1cccc(C[C@@H]2CN(S(=O)(=O)c3cccs3)CCN2c2ccc(C(C)(O)C(F)(F)F)cc2)c1. The Hall–Kier alpha value is -2.60. The first kappa shape index (κ1) is 26.5. The van der Waals surface area contributed by atoms with Gasteiger partial charge in [-0.2, -0.15) is 17.5 Å². The standard InChI is InChI=1S/C25H27F3N2O4S2/c1-24(31,25(26,27)28)19-8-10-20(11-9-19)30-13-12-29(36(32,33)23-7-4-14-35-23)17-21(30)15-18-5-3-6-22(16-18)34-2/h3-11,14,16,21,31H,12-13,15,17H2,1-2H3/t21-,24?/m1/s1. The van der Waals surface area contributed by atoms with Crippen LogP contribution in [0.5, 0.6) is 5.75 Å². The number of benzene rings is 2. The third-order valence-electron chi connectivity index (χ3n) is 6.45. The van der Waals surface area contributed by atoms with Gasteiger partial charge in [-0.05, 0) is 60.2 Å². The zero-order valence-electron chi connectivity index (χ0n) is 19.8. The van der Waals surface area contributed by atoms with Crippen molar-refractivity contribution in [2.24, 2.45) is 0 Å². The van der Waals surface area contributed by atoms with Crippen LogP contribution in [0.3, 0.4) is 0 Å². The Balaban J connectivity index is 1.64. The van der Waals surface area contributed by atoms with E-state index in [0.29, 0.717) is 24.4 Å². The minimum Gasteiger partial charge on any atom is -0.497 e. The first-order valence-electron chi connectivity index (χ1n) is 11.3. The number of anilines is 1. The van der Waals surface area contributed by atoms with E-state index in [1.54, 1.807) is 24.6 Å². The average molecular weight is 541 g/mol. The van der Waals surface area contributed by atoms with Crippen LogP contribution in [-0.2, 0) is 22.0 Å². The molecular weight excluding hydrogens is 513 g/mol. The number of rotatable bonds is 7. The maximum Gasteiger partial charge on any atom is 0.421 e. The van der Waals surface area contributed by atoms with Gasteiger partial charge in [0.15, 0.2) is 5.60 Å². The summed E-state index contributed by atoms with van der Waals surface area (Å²) in [6, 6.07) is 16.1. The van der Waals surface area contributed by atoms with E-state index in [2.05, 4.69) is 0 Å². The van der Waals surface area contributed by atoms with Gasteiger partial charge in [0.05, 0.1) is 7.11 Å². The summed E-state index contributed by atoms with van der Waals surface area (Å²) < 4.78 is 73.3. The molecule has 1 fully saturated rings. The maximum absolute atomic E-state index is 13.3. The van der Waals surface area contributed by atoms with Gasteiger partial charge in [-0.25, -0.2) is 8.42 Å². The lowest BCUT2D eigenvalue weighted by atomic mass is 9.94. The van der Waals surface area contributed by atoms with Gasteiger partial charge in [0.2, 0.25) is 0 Å². The van der Waals surface area contributed by atoms with Crippen molar-refractivity contribution in [1.82, 2.24) is 4.31 Å². The lowest BCUT2D eigenvalue weighted by Gasteiger charge is -2.42. The Bertz CT molecular complexity index is 1280. The zero-order valence-corrected chi connectivity index (χ0v) is 21.4. The number of thiophene rings is 1. The van der Waals surface area contributed by atoms with Crippen LogP contribution in [0.2, 0.25) is 0 Å². The van der Waals surface area contributed by atoms with E-state index in [9.17, 15) is 26.7 Å². The van der Waals surface area contributed by atoms with E-state index >= 15 is 0 Å². The number of aliphatic hydroxyl groups is 1. The normalized spacial score (nSPS) is 19.2. The average Bonchev–Trinajstić information content (AvgIpc) is 3.40. The molecule has 4 rings (SSSR count). The molecule has 2 aromatic carbocycles. The van der Waals surface area contributed by atoms with Crippen molar-refractivity contribution in [2.75, 3.05) is 31.6 Å². The number of hydrogen-bond acceptors (Lipinski definition) is 6. The van der Waals surface area contributed by atoms with Crippen molar-refractivity contribution >= 4 is 27.0 Å². The van der Waals surface area contributed by atoms with Crippen molar-refractivity contribution in [3.05, 3.63) is 77.2 Å². The second kappa shape index (κ2) is 10.0. The van der Waals surface area contributed by atoms with E-state index in [4.69, 9.17) is 4.74 Å². The van der Waals surface area contributed by atoms with Crippen molar-refractivity contribution in [1.29, 1.82) is 0 Å². The number of sulfonamides is 1. The molecule has 36 heavy (non-hydrogen) atoms. The third kappa shape index (κ3) is 5.24. The number of piperazine rings is 1. The lowest BCUT2D eigenvalue weighted by Crippen LogP contribution is -2.55. The topological polar surface area (TPSA) is 70.1 Å². The molecule has 0 saturated carbocycles. The fourth-order valence-corrected chi connectivity index (χ4v) is 6.92. The molecule has 6 nitrogen and oxygen atoms in total. The van der Waals surface area contributed by atoms with Gasteiger partial charge in [0.25, 0.3) is 10.0 Å². The number of hydrogen-bond donors (Lipinski definition) is 1. The quantitative estimate of drug-likeness (QED) is 0.473.